The molecule has 118 valence electrons. The van der Waals surface area contributed by atoms with Gasteiger partial charge in [-0.25, -0.2) is 0 Å². The lowest BCUT2D eigenvalue weighted by molar-refractivity contribution is 0.0321. The van der Waals surface area contributed by atoms with Gasteiger partial charge in [-0.15, -0.1) is 0 Å². The summed E-state index contributed by atoms with van der Waals surface area (Å²) in [6.45, 7) is 11.0. The zero-order chi connectivity index (χ0) is 14.7. The minimum atomic E-state index is 0.672. The van der Waals surface area contributed by atoms with Crippen LogP contribution in [0.15, 0.2) is 0 Å². The van der Waals surface area contributed by atoms with Crippen LogP contribution in [0.5, 0.6) is 0 Å². The van der Waals surface area contributed by atoms with E-state index in [4.69, 9.17) is 0 Å². The Morgan fingerprint density at radius 3 is 2.55 bits per heavy atom. The maximum absolute atomic E-state index is 3.63. The highest BCUT2D eigenvalue weighted by molar-refractivity contribution is 4.96. The Hall–Kier alpha value is -0.120. The molecule has 0 aromatic heterocycles. The van der Waals surface area contributed by atoms with Crippen LogP contribution >= 0.6 is 0 Å². The molecule has 2 fully saturated rings. The molecule has 0 spiro atoms. The fraction of sp³-hybridized carbons (Fsp3) is 1.00. The normalized spacial score (nSPS) is 41.5. The van der Waals surface area contributed by atoms with E-state index in [-0.39, 0.29) is 0 Å². The monoisotopic (exact) mass is 281 g/mol. The summed E-state index contributed by atoms with van der Waals surface area (Å²) < 4.78 is 0. The molecule has 3 heteroatoms. The molecule has 2 aliphatic rings. The molecule has 5 atom stereocenters. The Balaban J connectivity index is 2.16. The number of nitrogens with one attached hydrogen (secondary N) is 1. The third-order valence-electron chi connectivity index (χ3n) is 5.60. The van der Waals surface area contributed by atoms with Gasteiger partial charge in [0, 0.05) is 31.2 Å². The van der Waals surface area contributed by atoms with Crippen LogP contribution < -0.4 is 5.32 Å². The molecule has 1 heterocycles. The number of likely N-dealkylation sites (N-methyl/N-ethyl adjacent to an activating group) is 2. The first-order valence-corrected chi connectivity index (χ1v) is 8.68. The van der Waals surface area contributed by atoms with Gasteiger partial charge in [-0.2, -0.15) is 0 Å². The van der Waals surface area contributed by atoms with Gasteiger partial charge in [0.25, 0.3) is 0 Å². The van der Waals surface area contributed by atoms with Crippen molar-refractivity contribution in [3.05, 3.63) is 0 Å². The molecule has 3 nitrogen and oxygen atoms in total. The second-order valence-corrected chi connectivity index (χ2v) is 7.36. The van der Waals surface area contributed by atoms with Gasteiger partial charge >= 0.3 is 0 Å². The van der Waals surface area contributed by atoms with E-state index in [0.29, 0.717) is 6.04 Å². The summed E-state index contributed by atoms with van der Waals surface area (Å²) in [5, 5.41) is 3.63. The fourth-order valence-corrected chi connectivity index (χ4v) is 4.70. The van der Waals surface area contributed by atoms with Gasteiger partial charge in [-0.05, 0) is 58.2 Å². The van der Waals surface area contributed by atoms with Crippen LogP contribution in [-0.4, -0.2) is 61.7 Å². The predicted molar refractivity (Wildman–Crippen MR) is 87.1 cm³/mol. The van der Waals surface area contributed by atoms with Gasteiger partial charge < -0.3 is 10.2 Å². The van der Waals surface area contributed by atoms with Gasteiger partial charge in [-0.1, -0.05) is 20.8 Å². The number of rotatable bonds is 3. The molecule has 1 saturated heterocycles. The van der Waals surface area contributed by atoms with Crippen LogP contribution in [0.3, 0.4) is 0 Å². The van der Waals surface area contributed by atoms with Crippen molar-refractivity contribution >= 4 is 0 Å². The summed E-state index contributed by atoms with van der Waals surface area (Å²) in [6, 6.07) is 2.14. The molecule has 5 unspecified atom stereocenters. The van der Waals surface area contributed by atoms with E-state index < -0.39 is 0 Å². The van der Waals surface area contributed by atoms with Crippen LogP contribution in [0.1, 0.15) is 46.5 Å². The van der Waals surface area contributed by atoms with E-state index >= 15 is 0 Å². The van der Waals surface area contributed by atoms with E-state index in [1.807, 2.05) is 0 Å². The van der Waals surface area contributed by atoms with Crippen LogP contribution in [-0.2, 0) is 0 Å². The molecule has 0 amide bonds. The second-order valence-electron chi connectivity index (χ2n) is 7.36. The van der Waals surface area contributed by atoms with Crippen LogP contribution in [0.25, 0.3) is 0 Å². The summed E-state index contributed by atoms with van der Waals surface area (Å²) >= 11 is 0. The summed E-state index contributed by atoms with van der Waals surface area (Å²) in [5.41, 5.74) is 0. The molecule has 20 heavy (non-hydrogen) atoms. The quantitative estimate of drug-likeness (QED) is 0.857. The maximum atomic E-state index is 3.63. The summed E-state index contributed by atoms with van der Waals surface area (Å²) in [7, 11) is 4.45. The molecule has 1 aliphatic carbocycles. The van der Waals surface area contributed by atoms with E-state index in [1.165, 1.54) is 45.3 Å². The zero-order valence-corrected chi connectivity index (χ0v) is 14.2. The Labute approximate surface area is 126 Å². The first-order valence-electron chi connectivity index (χ1n) is 8.68. The molecule has 1 aliphatic heterocycles. The van der Waals surface area contributed by atoms with Crippen molar-refractivity contribution in [1.29, 1.82) is 0 Å². The van der Waals surface area contributed by atoms with Gasteiger partial charge in [0.2, 0.25) is 0 Å². The molecule has 0 aromatic rings. The van der Waals surface area contributed by atoms with Crippen LogP contribution in [0.2, 0.25) is 0 Å². The summed E-state index contributed by atoms with van der Waals surface area (Å²) in [6.07, 6.45) is 5.33. The van der Waals surface area contributed by atoms with Gasteiger partial charge in [0.15, 0.2) is 0 Å². The predicted octanol–water partition coefficient (Wildman–Crippen LogP) is 2.43. The van der Waals surface area contributed by atoms with Crippen molar-refractivity contribution in [3.63, 3.8) is 0 Å². The number of hydrogen-bond donors (Lipinski definition) is 1. The van der Waals surface area contributed by atoms with E-state index in [2.05, 4.69) is 50.0 Å². The molecule has 2 rings (SSSR count). The summed E-state index contributed by atoms with van der Waals surface area (Å²) in [4.78, 5) is 5.39. The van der Waals surface area contributed by atoms with Crippen molar-refractivity contribution < 1.29 is 0 Å². The van der Waals surface area contributed by atoms with Crippen molar-refractivity contribution in [2.24, 2.45) is 11.8 Å². The third kappa shape index (κ3) is 3.55. The highest BCUT2D eigenvalue weighted by Gasteiger charge is 2.39. The lowest BCUT2D eigenvalue weighted by Crippen LogP contribution is -2.59. The first-order chi connectivity index (χ1) is 9.56. The van der Waals surface area contributed by atoms with Crippen molar-refractivity contribution in [2.45, 2.75) is 64.6 Å². The van der Waals surface area contributed by atoms with Crippen molar-refractivity contribution in [2.75, 3.05) is 33.7 Å². The SMILES string of the molecule is CCC1CN(C)CCCN1C1C(C)CC(C)CC1NC. The molecular weight excluding hydrogens is 246 g/mol. The molecule has 0 aromatic carbocycles. The van der Waals surface area contributed by atoms with Crippen molar-refractivity contribution in [3.8, 4) is 0 Å². The molecule has 1 saturated carbocycles. The Morgan fingerprint density at radius 1 is 1.15 bits per heavy atom. The smallest absolute Gasteiger partial charge is 0.0278 e. The molecular formula is C17H35N3. The molecule has 0 radical (unpaired) electrons. The van der Waals surface area contributed by atoms with Crippen LogP contribution in [0, 0.1) is 11.8 Å². The minimum absolute atomic E-state index is 0.672. The van der Waals surface area contributed by atoms with Gasteiger partial charge in [-0.3, -0.25) is 4.90 Å². The Morgan fingerprint density at radius 2 is 1.90 bits per heavy atom. The largest absolute Gasteiger partial charge is 0.315 e. The highest BCUT2D eigenvalue weighted by atomic mass is 15.3. The molecule has 1 N–H and O–H groups in total. The lowest BCUT2D eigenvalue weighted by Gasteiger charge is -2.48. The second kappa shape index (κ2) is 7.24. The van der Waals surface area contributed by atoms with Crippen molar-refractivity contribution in [1.82, 2.24) is 15.1 Å². The number of nitrogens with zero attached hydrogens (tertiary/aromatic N) is 2. The summed E-state index contributed by atoms with van der Waals surface area (Å²) in [5.74, 6) is 1.68. The lowest BCUT2D eigenvalue weighted by atomic mass is 9.75. The average Bonchev–Trinajstić information content (AvgIpc) is 2.59. The first kappa shape index (κ1) is 16.3. The molecule has 0 bridgehead atoms. The Kier molecular flexibility index (Phi) is 5.88. The van der Waals surface area contributed by atoms with E-state index in [9.17, 15) is 0 Å². The van der Waals surface area contributed by atoms with E-state index in [0.717, 1.165) is 23.9 Å². The average molecular weight is 281 g/mol. The van der Waals surface area contributed by atoms with Gasteiger partial charge in [0.05, 0.1) is 0 Å². The van der Waals surface area contributed by atoms with E-state index in [1.54, 1.807) is 0 Å². The highest BCUT2D eigenvalue weighted by Crippen LogP contribution is 2.34. The maximum Gasteiger partial charge on any atom is 0.0278 e. The topological polar surface area (TPSA) is 18.5 Å². The zero-order valence-electron chi connectivity index (χ0n) is 14.2. The van der Waals surface area contributed by atoms with Gasteiger partial charge in [0.1, 0.15) is 0 Å². The Bertz CT molecular complexity index is 294. The standard InChI is InChI=1S/C17H35N3/c1-6-15-12-19(5)8-7-9-20(15)17-14(3)10-13(2)11-16(17)18-4/h13-18H,6-12H2,1-5H3. The third-order valence-corrected chi connectivity index (χ3v) is 5.60. The van der Waals surface area contributed by atoms with Crippen LogP contribution in [0.4, 0.5) is 0 Å². The minimum Gasteiger partial charge on any atom is -0.315 e. The number of hydrogen-bond acceptors (Lipinski definition) is 3. The fourth-order valence-electron chi connectivity index (χ4n) is 4.70.